The van der Waals surface area contributed by atoms with Gasteiger partial charge in [-0.05, 0) is 49.2 Å². The second-order valence-electron chi connectivity index (χ2n) is 9.61. The first kappa shape index (κ1) is 27.0. The van der Waals surface area contributed by atoms with E-state index in [1.807, 2.05) is 67.6 Å². The van der Waals surface area contributed by atoms with Crippen LogP contribution in [0, 0.1) is 5.82 Å². The summed E-state index contributed by atoms with van der Waals surface area (Å²) in [6.45, 7) is 5.79. The van der Waals surface area contributed by atoms with Crippen LogP contribution in [0.15, 0.2) is 96.1 Å². The van der Waals surface area contributed by atoms with E-state index in [1.54, 1.807) is 4.90 Å². The van der Waals surface area contributed by atoms with Crippen LogP contribution in [0.2, 0.25) is 0 Å². The summed E-state index contributed by atoms with van der Waals surface area (Å²) in [5.41, 5.74) is 7.67. The summed E-state index contributed by atoms with van der Waals surface area (Å²) < 4.78 is 60.1. The van der Waals surface area contributed by atoms with Crippen molar-refractivity contribution in [3.63, 3.8) is 0 Å². The number of rotatable bonds is 6. The van der Waals surface area contributed by atoms with E-state index >= 15 is 0 Å². The molecule has 0 aliphatic carbocycles. The molecule has 6 nitrogen and oxygen atoms in total. The molecule has 1 aliphatic rings. The fourth-order valence-electron chi connectivity index (χ4n) is 4.98. The number of hydrogen-bond acceptors (Lipinski definition) is 5. The molecule has 1 aromatic heterocycles. The van der Waals surface area contributed by atoms with Crippen molar-refractivity contribution in [1.82, 2.24) is 14.5 Å². The Kier molecular flexibility index (Phi) is 7.10. The Labute approximate surface area is 228 Å². The first-order valence-electron chi connectivity index (χ1n) is 12.5. The first-order chi connectivity index (χ1) is 19.0. The number of alkyl halides is 3. The molecule has 3 aromatic carbocycles. The lowest BCUT2D eigenvalue weighted by atomic mass is 9.96. The number of fused-ring (bicyclic) bond motifs is 1. The van der Waals surface area contributed by atoms with Gasteiger partial charge in [-0.15, -0.1) is 0 Å². The Morgan fingerprint density at radius 3 is 2.20 bits per heavy atom. The van der Waals surface area contributed by atoms with Crippen molar-refractivity contribution < 1.29 is 22.3 Å². The molecule has 0 saturated heterocycles. The van der Waals surface area contributed by atoms with Gasteiger partial charge in [0, 0.05) is 11.6 Å². The van der Waals surface area contributed by atoms with Gasteiger partial charge in [0.2, 0.25) is 5.95 Å². The predicted octanol–water partition coefficient (Wildman–Crippen LogP) is 5.92. The zero-order valence-corrected chi connectivity index (χ0v) is 21.5. The minimum atomic E-state index is -4.68. The van der Waals surface area contributed by atoms with E-state index in [2.05, 4.69) is 11.6 Å². The summed E-state index contributed by atoms with van der Waals surface area (Å²) in [5, 5.41) is 0. The second kappa shape index (κ2) is 10.5. The van der Waals surface area contributed by atoms with E-state index in [1.165, 1.54) is 4.57 Å². The van der Waals surface area contributed by atoms with E-state index in [-0.39, 0.29) is 36.4 Å². The Balaban J connectivity index is 1.47. The normalized spacial score (nSPS) is 15.2. The summed E-state index contributed by atoms with van der Waals surface area (Å²) in [5.74, 6) is -1.53. The smallest absolute Gasteiger partial charge is 0.416 e. The van der Waals surface area contributed by atoms with Crippen LogP contribution < -0.4 is 16.0 Å². The third-order valence-corrected chi connectivity index (χ3v) is 6.97. The van der Waals surface area contributed by atoms with Gasteiger partial charge in [-0.2, -0.15) is 13.2 Å². The molecule has 1 atom stereocenters. The molecule has 0 fully saturated rings. The molecule has 40 heavy (non-hydrogen) atoms. The van der Waals surface area contributed by atoms with Crippen LogP contribution in [0.3, 0.4) is 0 Å². The van der Waals surface area contributed by atoms with Crippen molar-refractivity contribution in [3.05, 3.63) is 135 Å². The van der Waals surface area contributed by atoms with E-state index in [0.29, 0.717) is 17.3 Å². The zero-order chi connectivity index (χ0) is 28.6. The van der Waals surface area contributed by atoms with Crippen molar-refractivity contribution in [3.8, 4) is 5.75 Å². The molecule has 1 unspecified atom stereocenters. The Hall–Kier alpha value is -4.60. The first-order valence-corrected chi connectivity index (χ1v) is 12.5. The van der Waals surface area contributed by atoms with E-state index in [9.17, 15) is 22.4 Å². The zero-order valence-electron chi connectivity index (χ0n) is 21.5. The van der Waals surface area contributed by atoms with Crippen molar-refractivity contribution >= 4 is 5.95 Å². The lowest BCUT2D eigenvalue weighted by molar-refractivity contribution is -0.137. The third kappa shape index (κ3) is 5.16. The van der Waals surface area contributed by atoms with Crippen LogP contribution in [-0.4, -0.2) is 20.5 Å². The number of anilines is 1. The van der Waals surface area contributed by atoms with Crippen LogP contribution in [0.1, 0.15) is 40.9 Å². The highest BCUT2D eigenvalue weighted by Crippen LogP contribution is 2.34. The number of aromatic nitrogens is 2. The van der Waals surface area contributed by atoms with Gasteiger partial charge < -0.3 is 15.4 Å². The molecule has 0 radical (unpaired) electrons. The number of nitrogens with two attached hydrogens (primary N) is 1. The van der Waals surface area contributed by atoms with E-state index in [0.717, 1.165) is 23.3 Å². The van der Waals surface area contributed by atoms with Gasteiger partial charge in [0.25, 0.3) is 5.56 Å². The molecule has 0 amide bonds. The number of hydrogen-bond donors (Lipinski definition) is 1. The number of benzene rings is 3. The Morgan fingerprint density at radius 1 is 1.05 bits per heavy atom. The van der Waals surface area contributed by atoms with Crippen LogP contribution in [0.4, 0.5) is 23.5 Å². The minimum Gasteiger partial charge on any atom is -0.439 e. The van der Waals surface area contributed by atoms with Crippen molar-refractivity contribution in [2.24, 2.45) is 0 Å². The van der Waals surface area contributed by atoms with Gasteiger partial charge in [-0.1, -0.05) is 60.7 Å². The number of nitrogen functional groups attached to an aromatic ring is 1. The van der Waals surface area contributed by atoms with Crippen LogP contribution in [0.5, 0.6) is 5.75 Å². The molecule has 206 valence electrons. The molecule has 4 aromatic rings. The lowest BCUT2D eigenvalue weighted by Crippen LogP contribution is -2.44. The topological polar surface area (TPSA) is 73.4 Å². The maximum absolute atomic E-state index is 14.4. The monoisotopic (exact) mass is 550 g/mol. The van der Waals surface area contributed by atoms with Crippen LogP contribution in [-0.2, 0) is 19.1 Å². The predicted molar refractivity (Wildman–Crippen MR) is 143 cm³/mol. The highest BCUT2D eigenvalue weighted by atomic mass is 19.4. The largest absolute Gasteiger partial charge is 0.439 e. The molecule has 2 N–H and O–H groups in total. The third-order valence-electron chi connectivity index (χ3n) is 6.97. The highest BCUT2D eigenvalue weighted by molar-refractivity contribution is 5.39. The number of ether oxygens (including phenoxy) is 1. The summed E-state index contributed by atoms with van der Waals surface area (Å²) in [7, 11) is 0. The minimum absolute atomic E-state index is 0.00723. The fraction of sp³-hybridized carbons (Fsp3) is 0.200. The lowest BCUT2D eigenvalue weighted by Gasteiger charge is -2.36. The standard InChI is InChI=1S/C30H26F4N4O2/c1-18-15-23-25(17-37(18)19(2)40-26-14-13-22(16-24(26)31)30(32,33)34)36-29(35)38(28(23)39)27(20-9-5-3-6-10-20)21-11-7-4-8-12-21/h3-14,16,18,27H,2,15,17H2,1H3,(H2,35,36). The summed E-state index contributed by atoms with van der Waals surface area (Å²) in [6, 6.07) is 20.3. The molecule has 0 bridgehead atoms. The quantitative estimate of drug-likeness (QED) is 0.239. The van der Waals surface area contributed by atoms with Gasteiger partial charge in [0.05, 0.1) is 23.8 Å². The molecule has 1 aliphatic heterocycles. The van der Waals surface area contributed by atoms with Crippen LogP contribution in [0.25, 0.3) is 0 Å². The average molecular weight is 551 g/mol. The van der Waals surface area contributed by atoms with Crippen molar-refractivity contribution in [2.75, 3.05) is 5.73 Å². The van der Waals surface area contributed by atoms with E-state index in [4.69, 9.17) is 10.5 Å². The van der Waals surface area contributed by atoms with Gasteiger partial charge in [-0.3, -0.25) is 9.36 Å². The Bertz CT molecular complexity index is 1560. The van der Waals surface area contributed by atoms with Crippen molar-refractivity contribution in [1.29, 1.82) is 0 Å². The molecule has 0 saturated carbocycles. The molecular formula is C30H26F4N4O2. The van der Waals surface area contributed by atoms with Gasteiger partial charge >= 0.3 is 6.18 Å². The van der Waals surface area contributed by atoms with Crippen LogP contribution >= 0.6 is 0 Å². The highest BCUT2D eigenvalue weighted by Gasteiger charge is 2.33. The molecule has 2 heterocycles. The fourth-order valence-corrected chi connectivity index (χ4v) is 4.98. The maximum atomic E-state index is 14.4. The molecule has 10 heteroatoms. The van der Waals surface area contributed by atoms with Crippen molar-refractivity contribution in [2.45, 2.75) is 38.1 Å². The molecular weight excluding hydrogens is 524 g/mol. The van der Waals surface area contributed by atoms with Gasteiger partial charge in [-0.25, -0.2) is 9.37 Å². The Morgan fingerprint density at radius 2 is 1.65 bits per heavy atom. The maximum Gasteiger partial charge on any atom is 0.416 e. The number of nitrogens with zero attached hydrogens (tertiary/aromatic N) is 3. The second-order valence-corrected chi connectivity index (χ2v) is 9.61. The molecule has 5 rings (SSSR count). The summed E-state index contributed by atoms with van der Waals surface area (Å²) in [4.78, 5) is 20.2. The summed E-state index contributed by atoms with van der Waals surface area (Å²) >= 11 is 0. The summed E-state index contributed by atoms with van der Waals surface area (Å²) in [6.07, 6.45) is -4.41. The average Bonchev–Trinajstić information content (AvgIpc) is 2.92. The van der Waals surface area contributed by atoms with Gasteiger partial charge in [0.15, 0.2) is 17.4 Å². The SMILES string of the molecule is C=C(Oc1ccc(C(F)(F)F)cc1F)N1Cc2nc(N)n(C(c3ccccc3)c3ccccc3)c(=O)c2CC1C. The number of halogens is 4. The van der Waals surface area contributed by atoms with Gasteiger partial charge in [0.1, 0.15) is 0 Å². The molecule has 0 spiro atoms. The van der Waals surface area contributed by atoms with E-state index < -0.39 is 29.3 Å².